The van der Waals surface area contributed by atoms with Gasteiger partial charge in [-0.1, -0.05) is 0 Å². The van der Waals surface area contributed by atoms with Crippen molar-refractivity contribution in [3.8, 4) is 0 Å². The van der Waals surface area contributed by atoms with E-state index in [4.69, 9.17) is 14.6 Å². The zero-order valence-electron chi connectivity index (χ0n) is 11.9. The normalized spacial score (nSPS) is 12.0. The number of aromatic carboxylic acids is 1. The van der Waals surface area contributed by atoms with Crippen molar-refractivity contribution in [2.75, 3.05) is 25.1 Å². The maximum atomic E-state index is 13.5. The molecule has 0 aliphatic heterocycles. The molecule has 0 aromatic heterocycles. The number of carbonyl (C=O) groups excluding carboxylic acids is 1. The first-order valence-corrected chi connectivity index (χ1v) is 6.48. The summed E-state index contributed by atoms with van der Waals surface area (Å²) in [6.07, 6.45) is -0.807. The predicted octanol–water partition coefficient (Wildman–Crippen LogP) is 1.90. The van der Waals surface area contributed by atoms with Gasteiger partial charge in [0, 0.05) is 6.61 Å². The third-order valence-corrected chi connectivity index (χ3v) is 2.64. The van der Waals surface area contributed by atoms with Crippen LogP contribution in [0.4, 0.5) is 10.1 Å². The van der Waals surface area contributed by atoms with Crippen molar-refractivity contribution in [1.82, 2.24) is 0 Å². The summed E-state index contributed by atoms with van der Waals surface area (Å²) in [5, 5.41) is 11.1. The fraction of sp³-hybridized carbons (Fsp3) is 0.429. The maximum absolute atomic E-state index is 13.5. The third kappa shape index (κ3) is 5.49. The van der Waals surface area contributed by atoms with E-state index in [-0.39, 0.29) is 17.9 Å². The summed E-state index contributed by atoms with van der Waals surface area (Å²) in [6.45, 7) is 4.50. The minimum absolute atomic E-state index is 0.114. The van der Waals surface area contributed by atoms with Crippen molar-refractivity contribution in [2.24, 2.45) is 0 Å². The average Bonchev–Trinajstić information content (AvgIpc) is 2.45. The van der Waals surface area contributed by atoms with Gasteiger partial charge >= 0.3 is 5.97 Å². The van der Waals surface area contributed by atoms with Crippen LogP contribution in [0.1, 0.15) is 24.2 Å². The molecular formula is C14H18FNO5. The van der Waals surface area contributed by atoms with Crippen LogP contribution in [-0.4, -0.2) is 42.9 Å². The highest BCUT2D eigenvalue weighted by Crippen LogP contribution is 2.16. The Hall–Kier alpha value is -1.99. The van der Waals surface area contributed by atoms with Crippen LogP contribution in [0.25, 0.3) is 0 Å². The summed E-state index contributed by atoms with van der Waals surface area (Å²) in [5.74, 6) is -2.48. The molecule has 0 saturated heterocycles. The summed E-state index contributed by atoms with van der Waals surface area (Å²) in [6, 6.07) is 3.16. The number of amides is 1. The highest BCUT2D eigenvalue weighted by atomic mass is 19.1. The highest BCUT2D eigenvalue weighted by Gasteiger charge is 2.16. The smallest absolute Gasteiger partial charge is 0.335 e. The maximum Gasteiger partial charge on any atom is 0.335 e. The van der Waals surface area contributed by atoms with E-state index in [0.29, 0.717) is 13.2 Å². The summed E-state index contributed by atoms with van der Waals surface area (Å²) in [4.78, 5) is 22.6. The van der Waals surface area contributed by atoms with Crippen LogP contribution in [-0.2, 0) is 14.3 Å². The van der Waals surface area contributed by atoms with Gasteiger partial charge in [-0.05, 0) is 32.0 Å². The Kier molecular flexibility index (Phi) is 6.77. The molecule has 0 spiro atoms. The molecule has 0 aliphatic carbocycles. The Morgan fingerprint density at radius 2 is 2.10 bits per heavy atom. The fourth-order valence-electron chi connectivity index (χ4n) is 1.49. The molecule has 0 bridgehead atoms. The topological polar surface area (TPSA) is 84.9 Å². The Morgan fingerprint density at radius 1 is 1.38 bits per heavy atom. The number of ether oxygens (including phenoxy) is 2. The first-order chi connectivity index (χ1) is 9.95. The molecule has 0 saturated carbocycles. The standard InChI is InChI=1S/C14H18FNO5/c1-3-20-6-7-21-9(2)13(17)16-12-8-10(14(18)19)4-5-11(12)15/h4-5,8-9H,3,6-7H2,1-2H3,(H,16,17)(H,18,19). The molecule has 0 aliphatic rings. The van der Waals surface area contributed by atoms with Gasteiger partial charge in [0.25, 0.3) is 5.91 Å². The molecule has 1 aromatic carbocycles. The molecule has 2 N–H and O–H groups in total. The summed E-state index contributed by atoms with van der Waals surface area (Å²) < 4.78 is 23.8. The Labute approximate surface area is 121 Å². The zero-order valence-corrected chi connectivity index (χ0v) is 11.9. The van der Waals surface area contributed by atoms with Gasteiger partial charge in [-0.25, -0.2) is 9.18 Å². The first kappa shape index (κ1) is 17.1. The largest absolute Gasteiger partial charge is 0.478 e. The number of nitrogens with one attached hydrogen (secondary N) is 1. The van der Waals surface area contributed by atoms with Crippen LogP contribution >= 0.6 is 0 Å². The minimum Gasteiger partial charge on any atom is -0.478 e. The second-order valence-corrected chi connectivity index (χ2v) is 4.20. The molecule has 0 heterocycles. The van der Waals surface area contributed by atoms with Crippen LogP contribution in [0.15, 0.2) is 18.2 Å². The summed E-state index contributed by atoms with van der Waals surface area (Å²) >= 11 is 0. The van der Waals surface area contributed by atoms with Gasteiger partial charge in [0.1, 0.15) is 11.9 Å². The summed E-state index contributed by atoms with van der Waals surface area (Å²) in [7, 11) is 0. The van der Waals surface area contributed by atoms with E-state index in [9.17, 15) is 14.0 Å². The monoisotopic (exact) mass is 299 g/mol. The second kappa shape index (κ2) is 8.33. The number of anilines is 1. The molecule has 6 nitrogen and oxygen atoms in total. The van der Waals surface area contributed by atoms with Gasteiger partial charge in [-0.2, -0.15) is 0 Å². The van der Waals surface area contributed by atoms with Crippen LogP contribution in [0.3, 0.4) is 0 Å². The van der Waals surface area contributed by atoms with Crippen molar-refractivity contribution in [3.05, 3.63) is 29.6 Å². The van der Waals surface area contributed by atoms with Crippen molar-refractivity contribution >= 4 is 17.6 Å². The van der Waals surface area contributed by atoms with Gasteiger partial charge in [0.05, 0.1) is 24.5 Å². The van der Waals surface area contributed by atoms with E-state index in [0.717, 1.165) is 18.2 Å². The van der Waals surface area contributed by atoms with Crippen LogP contribution in [0, 0.1) is 5.82 Å². The van der Waals surface area contributed by atoms with E-state index in [1.165, 1.54) is 6.92 Å². The molecule has 1 atom stereocenters. The lowest BCUT2D eigenvalue weighted by Gasteiger charge is -2.14. The number of halogens is 1. The van der Waals surface area contributed by atoms with E-state index in [1.807, 2.05) is 6.92 Å². The predicted molar refractivity (Wildman–Crippen MR) is 73.9 cm³/mol. The van der Waals surface area contributed by atoms with Gasteiger partial charge < -0.3 is 19.9 Å². The SMILES string of the molecule is CCOCCOC(C)C(=O)Nc1cc(C(=O)O)ccc1F. The first-order valence-electron chi connectivity index (χ1n) is 6.48. The van der Waals surface area contributed by atoms with Crippen molar-refractivity contribution in [2.45, 2.75) is 20.0 Å². The molecule has 1 aromatic rings. The molecule has 7 heteroatoms. The number of carboxylic acid groups (broad SMARTS) is 1. The highest BCUT2D eigenvalue weighted by molar-refractivity contribution is 5.96. The third-order valence-electron chi connectivity index (χ3n) is 2.64. The number of benzene rings is 1. The number of hydrogen-bond acceptors (Lipinski definition) is 4. The molecule has 0 radical (unpaired) electrons. The van der Waals surface area contributed by atoms with Gasteiger partial charge in [0.2, 0.25) is 0 Å². The van der Waals surface area contributed by atoms with Gasteiger partial charge in [-0.15, -0.1) is 0 Å². The number of carboxylic acids is 1. The van der Waals surface area contributed by atoms with Crippen molar-refractivity contribution < 1.29 is 28.6 Å². The molecule has 1 unspecified atom stereocenters. The van der Waals surface area contributed by atoms with E-state index in [2.05, 4.69) is 5.32 Å². The van der Waals surface area contributed by atoms with Crippen LogP contribution < -0.4 is 5.32 Å². The van der Waals surface area contributed by atoms with Gasteiger partial charge in [0.15, 0.2) is 0 Å². The molecule has 21 heavy (non-hydrogen) atoms. The lowest BCUT2D eigenvalue weighted by Crippen LogP contribution is -2.29. The van der Waals surface area contributed by atoms with Gasteiger partial charge in [-0.3, -0.25) is 4.79 Å². The Bertz CT molecular complexity index is 506. The number of rotatable bonds is 8. The molecule has 116 valence electrons. The fourth-order valence-corrected chi connectivity index (χ4v) is 1.49. The molecule has 0 fully saturated rings. The van der Waals surface area contributed by atoms with E-state index < -0.39 is 23.8 Å². The lowest BCUT2D eigenvalue weighted by molar-refractivity contribution is -0.127. The lowest BCUT2D eigenvalue weighted by atomic mass is 10.2. The minimum atomic E-state index is -1.20. The van der Waals surface area contributed by atoms with Crippen LogP contribution in [0.5, 0.6) is 0 Å². The second-order valence-electron chi connectivity index (χ2n) is 4.20. The van der Waals surface area contributed by atoms with E-state index >= 15 is 0 Å². The molecule has 1 rings (SSSR count). The Balaban J connectivity index is 2.61. The average molecular weight is 299 g/mol. The Morgan fingerprint density at radius 3 is 2.71 bits per heavy atom. The molecular weight excluding hydrogens is 281 g/mol. The summed E-state index contributed by atoms with van der Waals surface area (Å²) in [5.41, 5.74) is -0.309. The number of carbonyl (C=O) groups is 2. The van der Waals surface area contributed by atoms with Crippen molar-refractivity contribution in [1.29, 1.82) is 0 Å². The number of hydrogen-bond donors (Lipinski definition) is 2. The van der Waals surface area contributed by atoms with Crippen LogP contribution in [0.2, 0.25) is 0 Å². The molecule has 1 amide bonds. The quantitative estimate of drug-likeness (QED) is 0.716. The van der Waals surface area contributed by atoms with Crippen molar-refractivity contribution in [3.63, 3.8) is 0 Å². The zero-order chi connectivity index (χ0) is 15.8. The van der Waals surface area contributed by atoms with E-state index in [1.54, 1.807) is 0 Å².